The van der Waals surface area contributed by atoms with E-state index in [9.17, 15) is 0 Å². The highest BCUT2D eigenvalue weighted by Gasteiger charge is 2.58. The van der Waals surface area contributed by atoms with Crippen molar-refractivity contribution in [1.82, 2.24) is 0 Å². The van der Waals surface area contributed by atoms with Gasteiger partial charge in [-0.05, 0) is 79.5 Å². The topological polar surface area (TPSA) is 46.2 Å². The average Bonchev–Trinajstić information content (AvgIpc) is 2.93. The van der Waals surface area contributed by atoms with Gasteiger partial charge in [-0.1, -0.05) is 83.1 Å². The van der Waals surface area contributed by atoms with Crippen LogP contribution in [0.1, 0.15) is 90.0 Å². The molecule has 0 aromatic rings. The smallest absolute Gasteiger partial charge is 0.195 e. The first-order valence-electron chi connectivity index (χ1n) is 15.1. The SMILES string of the molecule is C[C@H](O[Si](C)(C)C(C)(C)C)[C@H]1O[C@@H](O[Si](C)(C)C(C)(C)C)[C@@H](O[Si](C)(C)C(C)(C)C)[C@@H]1O[Si](C)(C)C(C)(C)C. The molecular formula is C30H68O5Si4. The second-order valence-electron chi connectivity index (χ2n) is 18.1. The summed E-state index contributed by atoms with van der Waals surface area (Å²) < 4.78 is 35.5. The second kappa shape index (κ2) is 11.6. The van der Waals surface area contributed by atoms with Gasteiger partial charge in [-0.25, -0.2) is 0 Å². The van der Waals surface area contributed by atoms with Crippen LogP contribution < -0.4 is 0 Å². The average molecular weight is 621 g/mol. The monoisotopic (exact) mass is 620 g/mol. The van der Waals surface area contributed by atoms with Crippen molar-refractivity contribution < 1.29 is 22.4 Å². The van der Waals surface area contributed by atoms with E-state index in [1.54, 1.807) is 0 Å². The van der Waals surface area contributed by atoms with Crippen LogP contribution in [0.2, 0.25) is 72.5 Å². The summed E-state index contributed by atoms with van der Waals surface area (Å²) in [6, 6.07) is 0. The van der Waals surface area contributed by atoms with Gasteiger partial charge in [0.2, 0.25) is 0 Å². The molecule has 0 aliphatic carbocycles. The first kappa shape index (κ1) is 37.7. The van der Waals surface area contributed by atoms with E-state index in [2.05, 4.69) is 142 Å². The molecule has 1 saturated heterocycles. The predicted molar refractivity (Wildman–Crippen MR) is 179 cm³/mol. The van der Waals surface area contributed by atoms with Gasteiger partial charge in [0.1, 0.15) is 18.3 Å². The van der Waals surface area contributed by atoms with Crippen LogP contribution in [0.3, 0.4) is 0 Å². The highest BCUT2D eigenvalue weighted by atomic mass is 28.4. The van der Waals surface area contributed by atoms with Crippen molar-refractivity contribution in [3.63, 3.8) is 0 Å². The molecule has 1 rings (SSSR count). The molecule has 9 heteroatoms. The zero-order chi connectivity index (χ0) is 31.4. The van der Waals surface area contributed by atoms with E-state index < -0.39 is 39.6 Å². The molecule has 1 heterocycles. The van der Waals surface area contributed by atoms with Gasteiger partial charge in [0, 0.05) is 0 Å². The maximum atomic E-state index is 7.28. The van der Waals surface area contributed by atoms with Crippen LogP contribution in [-0.4, -0.2) is 64.0 Å². The molecule has 0 N–H and O–H groups in total. The molecule has 1 aliphatic heterocycles. The molecule has 0 bridgehead atoms. The van der Waals surface area contributed by atoms with Crippen molar-refractivity contribution >= 4 is 33.3 Å². The molecule has 39 heavy (non-hydrogen) atoms. The zero-order valence-electron chi connectivity index (χ0n) is 29.9. The van der Waals surface area contributed by atoms with Gasteiger partial charge >= 0.3 is 0 Å². The summed E-state index contributed by atoms with van der Waals surface area (Å²) in [6.45, 7) is 48.2. The second-order valence-corrected chi connectivity index (χ2v) is 37.1. The minimum Gasteiger partial charge on any atom is -0.411 e. The fourth-order valence-electron chi connectivity index (χ4n) is 3.59. The highest BCUT2D eigenvalue weighted by molar-refractivity contribution is 6.75. The number of rotatable bonds is 9. The molecular weight excluding hydrogens is 553 g/mol. The van der Waals surface area contributed by atoms with Crippen LogP contribution in [-0.2, 0) is 22.4 Å². The summed E-state index contributed by atoms with van der Waals surface area (Å²) in [5, 5.41) is 0.261. The molecule has 1 fully saturated rings. The Labute approximate surface area is 248 Å². The standard InChI is InChI=1S/C30H68O5Si4/c1-22(32-36(14,15)27(2,3)4)23-24(33-37(16,17)28(5,6)7)25(34-38(18,19)29(8,9)10)26(31-23)35-39(20,21)30(11,12)13/h22-26H,1-21H3/t22-,23+,24+,25-,26-/m0/s1. The molecule has 234 valence electrons. The quantitative estimate of drug-likeness (QED) is 0.240. The minimum absolute atomic E-state index is 0.0506. The Bertz CT molecular complexity index is 813. The van der Waals surface area contributed by atoms with Gasteiger partial charge in [0.15, 0.2) is 39.6 Å². The van der Waals surface area contributed by atoms with Crippen molar-refractivity contribution in [2.75, 3.05) is 0 Å². The highest BCUT2D eigenvalue weighted by Crippen LogP contribution is 2.47. The van der Waals surface area contributed by atoms with Crippen molar-refractivity contribution in [2.24, 2.45) is 0 Å². The third kappa shape index (κ3) is 8.84. The van der Waals surface area contributed by atoms with E-state index in [4.69, 9.17) is 22.4 Å². The molecule has 5 nitrogen and oxygen atoms in total. The summed E-state index contributed by atoms with van der Waals surface area (Å²) >= 11 is 0. The fraction of sp³-hybridized carbons (Fsp3) is 1.00. The Morgan fingerprint density at radius 1 is 0.487 bits per heavy atom. The van der Waals surface area contributed by atoms with Crippen molar-refractivity contribution in [3.05, 3.63) is 0 Å². The van der Waals surface area contributed by atoms with Crippen LogP contribution in [0.5, 0.6) is 0 Å². The molecule has 5 atom stereocenters. The predicted octanol–water partition coefficient (Wildman–Crippen LogP) is 9.92. The molecule has 0 amide bonds. The summed E-state index contributed by atoms with van der Waals surface area (Å²) in [6.07, 6.45) is -1.44. The Hall–Kier alpha value is 0.668. The van der Waals surface area contributed by atoms with Crippen LogP contribution in [0.25, 0.3) is 0 Å². The number of ether oxygens (including phenoxy) is 1. The fourth-order valence-corrected chi connectivity index (χ4v) is 8.71. The lowest BCUT2D eigenvalue weighted by Crippen LogP contribution is -2.57. The number of hydrogen-bond donors (Lipinski definition) is 0. The van der Waals surface area contributed by atoms with Gasteiger partial charge in [-0.15, -0.1) is 0 Å². The Balaban J connectivity index is 3.72. The molecule has 0 spiro atoms. The zero-order valence-corrected chi connectivity index (χ0v) is 33.9. The van der Waals surface area contributed by atoms with Gasteiger partial charge in [0.05, 0.1) is 6.10 Å². The third-order valence-electron chi connectivity index (χ3n) is 10.6. The molecule has 0 aromatic carbocycles. The van der Waals surface area contributed by atoms with Crippen LogP contribution in [0.4, 0.5) is 0 Å². The van der Waals surface area contributed by atoms with Crippen LogP contribution >= 0.6 is 0 Å². The van der Waals surface area contributed by atoms with E-state index in [0.29, 0.717) is 0 Å². The molecule has 0 aromatic heterocycles. The normalized spacial score (nSPS) is 25.8. The summed E-state index contributed by atoms with van der Waals surface area (Å²) in [4.78, 5) is 0. The van der Waals surface area contributed by atoms with Gasteiger partial charge in [-0.2, -0.15) is 0 Å². The Morgan fingerprint density at radius 2 is 0.795 bits per heavy atom. The van der Waals surface area contributed by atoms with Crippen molar-refractivity contribution in [2.45, 2.75) is 193 Å². The summed E-state index contributed by atoms with van der Waals surface area (Å²) in [5.74, 6) is 0. The van der Waals surface area contributed by atoms with E-state index in [-0.39, 0.29) is 44.6 Å². The van der Waals surface area contributed by atoms with Gasteiger partial charge in [-0.3, -0.25) is 0 Å². The lowest BCUT2D eigenvalue weighted by molar-refractivity contribution is -0.131. The minimum atomic E-state index is -2.18. The summed E-state index contributed by atoms with van der Waals surface area (Å²) in [7, 11) is -8.56. The molecule has 0 unspecified atom stereocenters. The Morgan fingerprint density at radius 3 is 1.13 bits per heavy atom. The first-order chi connectivity index (χ1) is 16.8. The van der Waals surface area contributed by atoms with Gasteiger partial charge < -0.3 is 22.4 Å². The van der Waals surface area contributed by atoms with Crippen LogP contribution in [0, 0.1) is 0 Å². The first-order valence-corrected chi connectivity index (χ1v) is 26.8. The molecule has 0 saturated carbocycles. The van der Waals surface area contributed by atoms with E-state index in [1.165, 1.54) is 0 Å². The van der Waals surface area contributed by atoms with Crippen molar-refractivity contribution in [3.8, 4) is 0 Å². The summed E-state index contributed by atoms with van der Waals surface area (Å²) in [5.41, 5.74) is 0. The largest absolute Gasteiger partial charge is 0.411 e. The Kier molecular flexibility index (Phi) is 11.2. The van der Waals surface area contributed by atoms with Gasteiger partial charge in [0.25, 0.3) is 0 Å². The lowest BCUT2D eigenvalue weighted by atomic mass is 10.1. The van der Waals surface area contributed by atoms with E-state index in [0.717, 1.165) is 0 Å². The van der Waals surface area contributed by atoms with Crippen molar-refractivity contribution in [1.29, 1.82) is 0 Å². The van der Waals surface area contributed by atoms with E-state index >= 15 is 0 Å². The van der Waals surface area contributed by atoms with Crippen LogP contribution in [0.15, 0.2) is 0 Å². The van der Waals surface area contributed by atoms with E-state index in [1.807, 2.05) is 0 Å². The number of hydrogen-bond acceptors (Lipinski definition) is 5. The molecule has 0 radical (unpaired) electrons. The molecule has 1 aliphatic rings. The maximum Gasteiger partial charge on any atom is 0.195 e. The third-order valence-corrected chi connectivity index (χ3v) is 28.6. The maximum absolute atomic E-state index is 7.28. The lowest BCUT2D eigenvalue weighted by Gasteiger charge is -2.46.